The molecule has 2 N–H and O–H groups in total. The lowest BCUT2D eigenvalue weighted by atomic mass is 10.0. The number of anilines is 1. The van der Waals surface area contributed by atoms with Crippen LogP contribution in [0.4, 0.5) is 5.69 Å². The molecule has 0 radical (unpaired) electrons. The molecule has 0 heterocycles. The molecule has 1 aromatic rings. The molecule has 1 rings (SSSR count). The van der Waals surface area contributed by atoms with Crippen molar-refractivity contribution in [3.63, 3.8) is 0 Å². The van der Waals surface area contributed by atoms with Crippen LogP contribution in [0.15, 0.2) is 24.3 Å². The third-order valence-corrected chi connectivity index (χ3v) is 5.18. The summed E-state index contributed by atoms with van der Waals surface area (Å²) in [6, 6.07) is 7.66. The number of aliphatic hydroxyl groups is 1. The number of carbonyl (C=O) groups is 1. The van der Waals surface area contributed by atoms with Crippen LogP contribution in [-0.2, 0) is 11.2 Å². The van der Waals surface area contributed by atoms with E-state index in [0.717, 1.165) is 38.0 Å². The quantitative estimate of drug-likeness (QED) is 0.394. The summed E-state index contributed by atoms with van der Waals surface area (Å²) in [6.07, 6.45) is 10.1. The topological polar surface area (TPSA) is 52.6 Å². The van der Waals surface area contributed by atoms with E-state index in [2.05, 4.69) is 43.1 Å². The van der Waals surface area contributed by atoms with Gasteiger partial charge in [-0.2, -0.15) is 0 Å². The van der Waals surface area contributed by atoms with Crippen molar-refractivity contribution in [1.82, 2.24) is 4.90 Å². The predicted octanol–water partition coefficient (Wildman–Crippen LogP) is 5.40. The number of hydrogen-bond donors (Lipinski definition) is 2. The smallest absolute Gasteiger partial charge is 0.244 e. The zero-order valence-corrected chi connectivity index (χ0v) is 18.5. The Morgan fingerprint density at radius 2 is 1.50 bits per heavy atom. The minimum absolute atomic E-state index is 0.124. The Morgan fingerprint density at radius 3 is 2.04 bits per heavy atom. The van der Waals surface area contributed by atoms with E-state index in [1.165, 1.54) is 44.1 Å². The molecule has 28 heavy (non-hydrogen) atoms. The van der Waals surface area contributed by atoms with Crippen LogP contribution in [0.5, 0.6) is 0 Å². The highest BCUT2D eigenvalue weighted by Crippen LogP contribution is 2.16. The number of carbonyl (C=O) groups excluding carboxylic acids is 1. The molecule has 0 fully saturated rings. The van der Waals surface area contributed by atoms with Crippen molar-refractivity contribution in [2.75, 3.05) is 18.4 Å². The van der Waals surface area contributed by atoms with E-state index in [0.29, 0.717) is 0 Å². The predicted molar refractivity (Wildman–Crippen MR) is 120 cm³/mol. The van der Waals surface area contributed by atoms with Gasteiger partial charge in [-0.25, -0.2) is 0 Å². The fraction of sp³-hybridized carbons (Fsp3) is 0.708. The SMILES string of the molecule is CCCCCCCCc1ccc(NC(=O)[C@H]([C@H](C)O)N(CCC)CCC)cc1. The van der Waals surface area contributed by atoms with E-state index in [4.69, 9.17) is 0 Å². The zero-order valence-electron chi connectivity index (χ0n) is 18.5. The maximum absolute atomic E-state index is 12.8. The molecule has 1 aromatic carbocycles. The Kier molecular flexibility index (Phi) is 12.8. The molecular weight excluding hydrogens is 348 g/mol. The summed E-state index contributed by atoms with van der Waals surface area (Å²) in [5.74, 6) is -0.124. The number of aliphatic hydroxyl groups excluding tert-OH is 1. The Bertz CT molecular complexity index is 522. The van der Waals surface area contributed by atoms with E-state index >= 15 is 0 Å². The van der Waals surface area contributed by atoms with Crippen LogP contribution in [0.25, 0.3) is 0 Å². The summed E-state index contributed by atoms with van der Waals surface area (Å²) in [5, 5.41) is 13.2. The van der Waals surface area contributed by atoms with Gasteiger partial charge in [0.2, 0.25) is 5.91 Å². The highest BCUT2D eigenvalue weighted by Gasteiger charge is 2.29. The molecule has 1 amide bonds. The fourth-order valence-electron chi connectivity index (χ4n) is 3.73. The van der Waals surface area contributed by atoms with Crippen LogP contribution in [-0.4, -0.2) is 41.1 Å². The third kappa shape index (κ3) is 9.20. The molecule has 0 spiro atoms. The van der Waals surface area contributed by atoms with Gasteiger partial charge in [0.1, 0.15) is 6.04 Å². The summed E-state index contributed by atoms with van der Waals surface area (Å²) in [6.45, 7) is 9.77. The van der Waals surface area contributed by atoms with Crippen LogP contribution < -0.4 is 5.32 Å². The lowest BCUT2D eigenvalue weighted by molar-refractivity contribution is -0.125. The maximum atomic E-state index is 12.8. The molecule has 160 valence electrons. The molecule has 0 bridgehead atoms. The summed E-state index contributed by atoms with van der Waals surface area (Å²) in [5.41, 5.74) is 2.12. The Hall–Kier alpha value is -1.39. The molecule has 0 aromatic heterocycles. The second-order valence-electron chi connectivity index (χ2n) is 7.93. The highest BCUT2D eigenvalue weighted by molar-refractivity contribution is 5.95. The normalized spacial score (nSPS) is 13.5. The summed E-state index contributed by atoms with van der Waals surface area (Å²) < 4.78 is 0. The van der Waals surface area contributed by atoms with Crippen molar-refractivity contribution in [3.8, 4) is 0 Å². The first kappa shape index (κ1) is 24.6. The van der Waals surface area contributed by atoms with Gasteiger partial charge < -0.3 is 10.4 Å². The van der Waals surface area contributed by atoms with Gasteiger partial charge in [0.05, 0.1) is 6.10 Å². The average molecular weight is 391 g/mol. The van der Waals surface area contributed by atoms with E-state index in [1.54, 1.807) is 6.92 Å². The molecule has 4 nitrogen and oxygen atoms in total. The van der Waals surface area contributed by atoms with Gasteiger partial charge in [-0.15, -0.1) is 0 Å². The molecule has 4 heteroatoms. The van der Waals surface area contributed by atoms with E-state index < -0.39 is 12.1 Å². The summed E-state index contributed by atoms with van der Waals surface area (Å²) >= 11 is 0. The van der Waals surface area contributed by atoms with Crippen LogP contribution in [0.3, 0.4) is 0 Å². The van der Waals surface area contributed by atoms with Crippen molar-refractivity contribution in [2.45, 2.75) is 97.6 Å². The largest absolute Gasteiger partial charge is 0.391 e. The van der Waals surface area contributed by atoms with Crippen LogP contribution >= 0.6 is 0 Å². The second-order valence-corrected chi connectivity index (χ2v) is 7.93. The van der Waals surface area contributed by atoms with Crippen LogP contribution in [0, 0.1) is 0 Å². The molecule has 0 unspecified atom stereocenters. The molecule has 0 saturated carbocycles. The Labute approximate surface area is 172 Å². The van der Waals surface area contributed by atoms with Gasteiger partial charge in [-0.1, -0.05) is 65.0 Å². The number of nitrogens with zero attached hydrogens (tertiary/aromatic N) is 1. The highest BCUT2D eigenvalue weighted by atomic mass is 16.3. The van der Waals surface area contributed by atoms with Gasteiger partial charge >= 0.3 is 0 Å². The Morgan fingerprint density at radius 1 is 0.929 bits per heavy atom. The van der Waals surface area contributed by atoms with Crippen molar-refractivity contribution in [1.29, 1.82) is 0 Å². The maximum Gasteiger partial charge on any atom is 0.244 e. The first-order valence-corrected chi connectivity index (χ1v) is 11.3. The van der Waals surface area contributed by atoms with E-state index in [-0.39, 0.29) is 5.91 Å². The monoisotopic (exact) mass is 390 g/mol. The van der Waals surface area contributed by atoms with Gasteiger partial charge in [0.25, 0.3) is 0 Å². The number of rotatable bonds is 15. The second kappa shape index (κ2) is 14.6. The summed E-state index contributed by atoms with van der Waals surface area (Å²) in [7, 11) is 0. The Balaban J connectivity index is 2.57. The van der Waals surface area contributed by atoms with Gasteiger partial charge in [-0.05, 0) is 63.4 Å². The number of nitrogens with one attached hydrogen (secondary N) is 1. The van der Waals surface area contributed by atoms with E-state index in [9.17, 15) is 9.90 Å². The average Bonchev–Trinajstić information content (AvgIpc) is 2.66. The van der Waals surface area contributed by atoms with Crippen molar-refractivity contribution >= 4 is 11.6 Å². The molecule has 0 aliphatic rings. The number of hydrogen-bond acceptors (Lipinski definition) is 3. The third-order valence-electron chi connectivity index (χ3n) is 5.18. The fourth-order valence-corrected chi connectivity index (χ4v) is 3.73. The molecule has 0 saturated heterocycles. The summed E-state index contributed by atoms with van der Waals surface area (Å²) in [4.78, 5) is 14.9. The van der Waals surface area contributed by atoms with E-state index in [1.807, 2.05) is 12.1 Å². The standard InChI is InChI=1S/C24H42N2O2/c1-5-8-9-10-11-12-13-21-14-16-22(17-15-21)25-24(28)23(20(4)27)26(18-6-2)19-7-3/h14-17,20,23,27H,5-13,18-19H2,1-4H3,(H,25,28)/t20-,23-/m0/s1. The molecule has 2 atom stereocenters. The number of unbranched alkanes of at least 4 members (excludes halogenated alkanes) is 5. The lowest BCUT2D eigenvalue weighted by Crippen LogP contribution is -2.51. The van der Waals surface area contributed by atoms with Crippen LogP contribution in [0.2, 0.25) is 0 Å². The van der Waals surface area contributed by atoms with Crippen molar-refractivity contribution < 1.29 is 9.90 Å². The number of amides is 1. The molecular formula is C24H42N2O2. The minimum atomic E-state index is -0.704. The number of benzene rings is 1. The molecule has 0 aliphatic heterocycles. The van der Waals surface area contributed by atoms with Crippen LogP contribution in [0.1, 0.15) is 84.6 Å². The van der Waals surface area contributed by atoms with Crippen molar-refractivity contribution in [2.24, 2.45) is 0 Å². The van der Waals surface area contributed by atoms with Gasteiger partial charge in [0.15, 0.2) is 0 Å². The first-order chi connectivity index (χ1) is 13.5. The zero-order chi connectivity index (χ0) is 20.8. The lowest BCUT2D eigenvalue weighted by Gasteiger charge is -2.32. The van der Waals surface area contributed by atoms with Gasteiger partial charge in [0, 0.05) is 5.69 Å². The van der Waals surface area contributed by atoms with Gasteiger partial charge in [-0.3, -0.25) is 9.69 Å². The minimum Gasteiger partial charge on any atom is -0.391 e. The molecule has 0 aliphatic carbocycles. The van der Waals surface area contributed by atoms with Crippen molar-refractivity contribution in [3.05, 3.63) is 29.8 Å². The first-order valence-electron chi connectivity index (χ1n) is 11.3. The number of aryl methyl sites for hydroxylation is 1.